The van der Waals surface area contributed by atoms with Crippen molar-refractivity contribution >= 4 is 15.9 Å². The summed E-state index contributed by atoms with van der Waals surface area (Å²) in [5.41, 5.74) is 9.82. The summed E-state index contributed by atoms with van der Waals surface area (Å²) in [6.07, 6.45) is 0.454. The molecule has 196 valence electrons. The van der Waals surface area contributed by atoms with Gasteiger partial charge in [0.15, 0.2) is 0 Å². The smallest absolute Gasteiger partial charge is 0.243 e. The van der Waals surface area contributed by atoms with Crippen molar-refractivity contribution in [3.05, 3.63) is 126 Å². The first-order chi connectivity index (χ1) is 18.3. The van der Waals surface area contributed by atoms with Crippen molar-refractivity contribution in [2.45, 2.75) is 24.4 Å². The molecule has 0 saturated heterocycles. The predicted molar refractivity (Wildman–Crippen MR) is 147 cm³/mol. The van der Waals surface area contributed by atoms with Crippen LogP contribution in [0, 0.1) is 5.82 Å². The van der Waals surface area contributed by atoms with Gasteiger partial charge < -0.3 is 11.1 Å². The van der Waals surface area contributed by atoms with E-state index in [1.165, 1.54) is 28.6 Å². The van der Waals surface area contributed by atoms with E-state index in [9.17, 15) is 17.6 Å². The fourth-order valence-corrected chi connectivity index (χ4v) is 5.43. The maximum Gasteiger partial charge on any atom is 0.243 e. The Morgan fingerprint density at radius 1 is 0.789 bits per heavy atom. The van der Waals surface area contributed by atoms with Gasteiger partial charge in [-0.3, -0.25) is 4.79 Å². The molecule has 3 N–H and O–H groups in total. The van der Waals surface area contributed by atoms with E-state index in [0.717, 1.165) is 16.7 Å². The Kier molecular flexibility index (Phi) is 9.02. The minimum Gasteiger partial charge on any atom is -0.351 e. The highest BCUT2D eigenvalue weighted by Crippen LogP contribution is 2.24. The highest BCUT2D eigenvalue weighted by Gasteiger charge is 2.26. The van der Waals surface area contributed by atoms with Gasteiger partial charge in [0.25, 0.3) is 0 Å². The molecule has 4 aromatic carbocycles. The third-order valence-electron chi connectivity index (χ3n) is 6.21. The van der Waals surface area contributed by atoms with Gasteiger partial charge in [-0.15, -0.1) is 0 Å². The van der Waals surface area contributed by atoms with E-state index >= 15 is 0 Å². The minimum absolute atomic E-state index is 0.0656. The molecule has 0 saturated carbocycles. The number of nitrogens with zero attached hydrogens (tertiary/aromatic N) is 1. The van der Waals surface area contributed by atoms with Crippen LogP contribution >= 0.6 is 0 Å². The number of hydrogen-bond donors (Lipinski definition) is 2. The highest BCUT2D eigenvalue weighted by atomic mass is 32.2. The standard InChI is InChI=1S/C30H30FN3O3S/c31-28-8-4-7-27(19-28)26-13-15-29(16-14-26)38(36,37)34(18-17-23-5-2-1-3-6-23)22-30(35)33-21-25-11-9-24(20-32)10-12-25/h1-16,19H,17-18,20-22,32H2,(H,33,35). The Morgan fingerprint density at radius 3 is 2.13 bits per heavy atom. The number of sulfonamides is 1. The molecule has 0 atom stereocenters. The van der Waals surface area contributed by atoms with Crippen molar-refractivity contribution in [2.75, 3.05) is 13.1 Å². The minimum atomic E-state index is -3.98. The molecule has 0 unspecified atom stereocenters. The van der Waals surface area contributed by atoms with Crippen molar-refractivity contribution in [1.29, 1.82) is 0 Å². The van der Waals surface area contributed by atoms with Gasteiger partial charge in [0.2, 0.25) is 15.9 Å². The van der Waals surface area contributed by atoms with E-state index in [4.69, 9.17) is 5.73 Å². The second-order valence-electron chi connectivity index (χ2n) is 8.91. The van der Waals surface area contributed by atoms with Crippen LogP contribution in [0.25, 0.3) is 11.1 Å². The molecule has 0 bridgehead atoms. The van der Waals surface area contributed by atoms with Gasteiger partial charge in [-0.05, 0) is 58.5 Å². The second-order valence-corrected chi connectivity index (χ2v) is 10.8. The summed E-state index contributed by atoms with van der Waals surface area (Å²) in [7, 11) is -3.98. The van der Waals surface area contributed by atoms with Gasteiger partial charge in [-0.2, -0.15) is 4.31 Å². The van der Waals surface area contributed by atoms with E-state index in [0.29, 0.717) is 24.1 Å². The number of carbonyl (C=O) groups is 1. The molecule has 0 heterocycles. The first-order valence-electron chi connectivity index (χ1n) is 12.3. The predicted octanol–water partition coefficient (Wildman–Crippen LogP) is 4.50. The Bertz CT molecular complexity index is 1460. The third kappa shape index (κ3) is 7.13. The molecule has 0 aromatic heterocycles. The molecule has 4 rings (SSSR count). The van der Waals surface area contributed by atoms with Crippen molar-refractivity contribution in [3.8, 4) is 11.1 Å². The van der Waals surface area contributed by atoms with Crippen LogP contribution in [0.15, 0.2) is 108 Å². The molecule has 1 amide bonds. The number of amides is 1. The molecule has 4 aromatic rings. The number of halogens is 1. The molecule has 8 heteroatoms. The SMILES string of the molecule is NCc1ccc(CNC(=O)CN(CCc2ccccc2)S(=O)(=O)c2ccc(-c3cccc(F)c3)cc2)cc1. The lowest BCUT2D eigenvalue weighted by molar-refractivity contribution is -0.121. The summed E-state index contributed by atoms with van der Waals surface area (Å²) in [5, 5.41) is 2.81. The van der Waals surface area contributed by atoms with Gasteiger partial charge in [-0.1, -0.05) is 78.9 Å². The molecule has 0 fully saturated rings. The summed E-state index contributed by atoms with van der Waals surface area (Å²) in [4.78, 5) is 12.9. The van der Waals surface area contributed by atoms with Crippen LogP contribution in [-0.4, -0.2) is 31.7 Å². The monoisotopic (exact) mass is 531 g/mol. The maximum atomic E-state index is 13.6. The fourth-order valence-electron chi connectivity index (χ4n) is 4.03. The van der Waals surface area contributed by atoms with Crippen LogP contribution in [0.1, 0.15) is 16.7 Å². The van der Waals surface area contributed by atoms with Crippen molar-refractivity contribution in [2.24, 2.45) is 5.73 Å². The quantitative estimate of drug-likeness (QED) is 0.298. The van der Waals surface area contributed by atoms with Crippen LogP contribution in [0.2, 0.25) is 0 Å². The van der Waals surface area contributed by atoms with Crippen LogP contribution in [0.4, 0.5) is 4.39 Å². The van der Waals surface area contributed by atoms with Gasteiger partial charge >= 0.3 is 0 Å². The first kappa shape index (κ1) is 27.2. The third-order valence-corrected chi connectivity index (χ3v) is 8.07. The summed E-state index contributed by atoms with van der Waals surface area (Å²) in [5.74, 6) is -0.770. The highest BCUT2D eigenvalue weighted by molar-refractivity contribution is 7.89. The van der Waals surface area contributed by atoms with E-state index in [2.05, 4.69) is 5.32 Å². The van der Waals surface area contributed by atoms with Crippen molar-refractivity contribution in [1.82, 2.24) is 9.62 Å². The van der Waals surface area contributed by atoms with Gasteiger partial charge in [0, 0.05) is 19.6 Å². The summed E-state index contributed by atoms with van der Waals surface area (Å²) in [6.45, 7) is 0.529. The van der Waals surface area contributed by atoms with Crippen LogP contribution in [0.5, 0.6) is 0 Å². The number of rotatable bonds is 11. The molecule has 0 radical (unpaired) electrons. The lowest BCUT2D eigenvalue weighted by Crippen LogP contribution is -2.41. The molecule has 0 aliphatic carbocycles. The zero-order valence-electron chi connectivity index (χ0n) is 20.9. The molecule has 0 aliphatic rings. The van der Waals surface area contributed by atoms with E-state index < -0.39 is 15.9 Å². The zero-order valence-corrected chi connectivity index (χ0v) is 21.7. The molecule has 0 spiro atoms. The lowest BCUT2D eigenvalue weighted by Gasteiger charge is -2.22. The number of hydrogen-bond acceptors (Lipinski definition) is 4. The van der Waals surface area contributed by atoms with Crippen molar-refractivity contribution in [3.63, 3.8) is 0 Å². The summed E-state index contributed by atoms with van der Waals surface area (Å²) < 4.78 is 42.1. The summed E-state index contributed by atoms with van der Waals surface area (Å²) in [6, 6.07) is 29.4. The molecule has 6 nitrogen and oxygen atoms in total. The normalized spacial score (nSPS) is 11.4. The topological polar surface area (TPSA) is 92.5 Å². The maximum absolute atomic E-state index is 13.6. The molecular weight excluding hydrogens is 501 g/mol. The fraction of sp³-hybridized carbons (Fsp3) is 0.167. The number of nitrogens with two attached hydrogens (primary N) is 1. The average Bonchev–Trinajstić information content (AvgIpc) is 2.95. The van der Waals surface area contributed by atoms with E-state index in [1.54, 1.807) is 24.3 Å². The number of benzene rings is 4. The Balaban J connectivity index is 1.50. The van der Waals surface area contributed by atoms with Gasteiger partial charge in [0.1, 0.15) is 5.82 Å². The van der Waals surface area contributed by atoms with Gasteiger partial charge in [0.05, 0.1) is 11.4 Å². The van der Waals surface area contributed by atoms with E-state index in [-0.39, 0.29) is 30.3 Å². The molecular formula is C30H30FN3O3S. The van der Waals surface area contributed by atoms with Crippen LogP contribution in [0.3, 0.4) is 0 Å². The average molecular weight is 532 g/mol. The van der Waals surface area contributed by atoms with Crippen LogP contribution in [-0.2, 0) is 34.3 Å². The Hall–Kier alpha value is -3.85. The first-order valence-corrected chi connectivity index (χ1v) is 13.7. The largest absolute Gasteiger partial charge is 0.351 e. The van der Waals surface area contributed by atoms with Gasteiger partial charge in [-0.25, -0.2) is 12.8 Å². The number of carbonyl (C=O) groups excluding carboxylic acids is 1. The Labute approximate surface area is 223 Å². The van der Waals surface area contributed by atoms with Crippen LogP contribution < -0.4 is 11.1 Å². The lowest BCUT2D eigenvalue weighted by atomic mass is 10.1. The van der Waals surface area contributed by atoms with Crippen molar-refractivity contribution < 1.29 is 17.6 Å². The van der Waals surface area contributed by atoms with E-state index in [1.807, 2.05) is 54.6 Å². The molecule has 38 heavy (non-hydrogen) atoms. The Morgan fingerprint density at radius 2 is 1.47 bits per heavy atom. The second kappa shape index (κ2) is 12.6. The molecule has 0 aliphatic heterocycles. The zero-order chi connectivity index (χ0) is 27.0. The summed E-state index contributed by atoms with van der Waals surface area (Å²) >= 11 is 0. The number of nitrogens with one attached hydrogen (secondary N) is 1.